The maximum absolute atomic E-state index is 11.0. The summed E-state index contributed by atoms with van der Waals surface area (Å²) < 4.78 is 36.4. The van der Waals surface area contributed by atoms with Crippen molar-refractivity contribution in [3.63, 3.8) is 0 Å². The quantitative estimate of drug-likeness (QED) is 0.612. The predicted molar refractivity (Wildman–Crippen MR) is 69.9 cm³/mol. The number of ether oxygens (including phenoxy) is 1. The van der Waals surface area contributed by atoms with Crippen molar-refractivity contribution in [2.24, 2.45) is 0 Å². The van der Waals surface area contributed by atoms with Crippen molar-refractivity contribution < 1.29 is 48.7 Å². The molecule has 1 aromatic carbocycles. The van der Waals surface area contributed by atoms with Crippen molar-refractivity contribution in [3.8, 4) is 16.2 Å². The topological polar surface area (TPSA) is 63.6 Å². The first-order valence-corrected chi connectivity index (χ1v) is 7.63. The van der Waals surface area contributed by atoms with E-state index in [1.807, 2.05) is 18.2 Å². The molecular formula is C12H11NaO4S2. The molecule has 2 heterocycles. The van der Waals surface area contributed by atoms with Crippen LogP contribution in [-0.4, -0.2) is 19.6 Å². The SMILES string of the molecule is O=S(=O)(O)c1ccc(-c2ccc3c(c2)CCO3)s1.[H-].[Na+]. The van der Waals surface area contributed by atoms with Gasteiger partial charge in [-0.05, 0) is 41.5 Å². The first-order chi connectivity index (χ1) is 8.54. The molecule has 3 rings (SSSR count). The van der Waals surface area contributed by atoms with Gasteiger partial charge in [-0.3, -0.25) is 4.55 Å². The Bertz CT molecular complexity index is 712. The predicted octanol–water partition coefficient (Wildman–Crippen LogP) is -0.287. The molecule has 4 nitrogen and oxygen atoms in total. The second-order valence-corrected chi connectivity index (χ2v) is 6.75. The fourth-order valence-corrected chi connectivity index (χ4v) is 3.62. The minimum absolute atomic E-state index is 0. The first kappa shape index (κ1) is 15.0. The van der Waals surface area contributed by atoms with Gasteiger partial charge in [0, 0.05) is 11.3 Å². The molecular weight excluding hydrogens is 295 g/mol. The molecule has 2 aromatic rings. The Kier molecular flexibility index (Phi) is 4.39. The van der Waals surface area contributed by atoms with Crippen LogP contribution in [0.5, 0.6) is 5.75 Å². The summed E-state index contributed by atoms with van der Waals surface area (Å²) in [6.45, 7) is 0.694. The Morgan fingerprint density at radius 1 is 1.26 bits per heavy atom. The van der Waals surface area contributed by atoms with Crippen LogP contribution in [0, 0.1) is 0 Å². The first-order valence-electron chi connectivity index (χ1n) is 5.37. The van der Waals surface area contributed by atoms with Gasteiger partial charge in [-0.25, -0.2) is 0 Å². The molecule has 1 N–H and O–H groups in total. The smallest absolute Gasteiger partial charge is 1.00 e. The molecule has 1 aliphatic heterocycles. The normalized spacial score (nSPS) is 13.5. The van der Waals surface area contributed by atoms with E-state index in [0.717, 1.165) is 39.5 Å². The number of hydrogen-bond acceptors (Lipinski definition) is 4. The average Bonchev–Trinajstić information content (AvgIpc) is 2.96. The van der Waals surface area contributed by atoms with E-state index in [-0.39, 0.29) is 35.2 Å². The van der Waals surface area contributed by atoms with Crippen LogP contribution in [0.25, 0.3) is 10.4 Å². The van der Waals surface area contributed by atoms with E-state index < -0.39 is 10.1 Å². The van der Waals surface area contributed by atoms with Crippen molar-refractivity contribution in [1.29, 1.82) is 0 Å². The van der Waals surface area contributed by atoms with Gasteiger partial charge in [-0.15, -0.1) is 11.3 Å². The molecule has 0 unspecified atom stereocenters. The standard InChI is InChI=1S/C12H10O4S2.Na.H/c13-18(14,15)12-4-3-11(17-12)9-1-2-10-8(7-9)5-6-16-10;;/h1-4,7H,5-6H2,(H,13,14,15);;/q;+1;-1. The zero-order chi connectivity index (χ0) is 12.8. The van der Waals surface area contributed by atoms with Crippen LogP contribution in [-0.2, 0) is 16.5 Å². The number of rotatable bonds is 2. The summed E-state index contributed by atoms with van der Waals surface area (Å²) in [7, 11) is -4.11. The summed E-state index contributed by atoms with van der Waals surface area (Å²) in [6.07, 6.45) is 0.875. The van der Waals surface area contributed by atoms with E-state index in [4.69, 9.17) is 9.29 Å². The third kappa shape index (κ3) is 3.04. The van der Waals surface area contributed by atoms with Gasteiger partial charge >= 0.3 is 39.7 Å². The minimum Gasteiger partial charge on any atom is -1.00 e. The molecule has 0 atom stereocenters. The summed E-state index contributed by atoms with van der Waals surface area (Å²) in [5, 5.41) is 0. The van der Waals surface area contributed by atoms with Crippen LogP contribution < -0.4 is 34.3 Å². The van der Waals surface area contributed by atoms with Gasteiger partial charge in [0.1, 0.15) is 9.96 Å². The Hall–Kier alpha value is -0.370. The third-order valence-electron chi connectivity index (χ3n) is 2.81. The molecule has 0 saturated carbocycles. The summed E-state index contributed by atoms with van der Waals surface area (Å²) in [4.78, 5) is 0.817. The van der Waals surface area contributed by atoms with Gasteiger partial charge in [0.2, 0.25) is 0 Å². The van der Waals surface area contributed by atoms with Gasteiger partial charge in [-0.1, -0.05) is 0 Å². The monoisotopic (exact) mass is 306 g/mol. The molecule has 19 heavy (non-hydrogen) atoms. The van der Waals surface area contributed by atoms with Crippen molar-refractivity contribution >= 4 is 21.5 Å². The van der Waals surface area contributed by atoms with Crippen LogP contribution in [0.3, 0.4) is 0 Å². The molecule has 96 valence electrons. The molecule has 0 bridgehead atoms. The molecule has 1 aromatic heterocycles. The van der Waals surface area contributed by atoms with Crippen LogP contribution in [0.2, 0.25) is 0 Å². The van der Waals surface area contributed by atoms with E-state index in [9.17, 15) is 8.42 Å². The minimum atomic E-state index is -4.11. The molecule has 0 saturated heterocycles. The fraction of sp³-hybridized carbons (Fsp3) is 0.167. The van der Waals surface area contributed by atoms with E-state index in [1.165, 1.54) is 6.07 Å². The number of thiophene rings is 1. The van der Waals surface area contributed by atoms with Crippen LogP contribution in [0.15, 0.2) is 34.5 Å². The van der Waals surface area contributed by atoms with Gasteiger partial charge < -0.3 is 6.16 Å². The van der Waals surface area contributed by atoms with E-state index >= 15 is 0 Å². The Balaban J connectivity index is 0.000001000. The average molecular weight is 306 g/mol. The largest absolute Gasteiger partial charge is 1.00 e. The summed E-state index contributed by atoms with van der Waals surface area (Å²) in [6, 6.07) is 8.90. The zero-order valence-corrected chi connectivity index (χ0v) is 13.9. The van der Waals surface area contributed by atoms with Crippen LogP contribution in [0.4, 0.5) is 0 Å². The molecule has 0 radical (unpaired) electrons. The molecule has 1 aliphatic rings. The Morgan fingerprint density at radius 3 is 2.74 bits per heavy atom. The van der Waals surface area contributed by atoms with Gasteiger partial charge in [-0.2, -0.15) is 8.42 Å². The van der Waals surface area contributed by atoms with E-state index in [2.05, 4.69) is 0 Å². The van der Waals surface area contributed by atoms with Crippen LogP contribution in [0.1, 0.15) is 6.99 Å². The van der Waals surface area contributed by atoms with Crippen molar-refractivity contribution in [2.75, 3.05) is 6.61 Å². The summed E-state index contributed by atoms with van der Waals surface area (Å²) in [5.74, 6) is 0.894. The number of hydrogen-bond donors (Lipinski definition) is 1. The van der Waals surface area contributed by atoms with Crippen molar-refractivity contribution in [3.05, 3.63) is 35.9 Å². The molecule has 0 aliphatic carbocycles. The van der Waals surface area contributed by atoms with Gasteiger partial charge in [0.15, 0.2) is 0 Å². The third-order valence-corrected chi connectivity index (χ3v) is 5.26. The van der Waals surface area contributed by atoms with Crippen LogP contribution >= 0.6 is 11.3 Å². The molecule has 7 heteroatoms. The molecule has 0 spiro atoms. The zero-order valence-electron chi connectivity index (χ0n) is 11.3. The summed E-state index contributed by atoms with van der Waals surface area (Å²) in [5.41, 5.74) is 2.08. The number of benzene rings is 1. The Labute approximate surface area is 138 Å². The summed E-state index contributed by atoms with van der Waals surface area (Å²) >= 11 is 1.06. The maximum atomic E-state index is 11.0. The Morgan fingerprint density at radius 2 is 2.05 bits per heavy atom. The van der Waals surface area contributed by atoms with E-state index in [0.29, 0.717) is 6.61 Å². The fourth-order valence-electron chi connectivity index (χ4n) is 1.95. The number of fused-ring (bicyclic) bond motifs is 1. The van der Waals surface area contributed by atoms with Crippen molar-refractivity contribution in [1.82, 2.24) is 0 Å². The molecule has 0 fully saturated rings. The maximum Gasteiger partial charge on any atom is 1.00 e. The van der Waals surface area contributed by atoms with E-state index in [1.54, 1.807) is 6.07 Å². The van der Waals surface area contributed by atoms with Crippen molar-refractivity contribution in [2.45, 2.75) is 10.6 Å². The van der Waals surface area contributed by atoms with Gasteiger partial charge in [0.05, 0.1) is 6.61 Å². The second kappa shape index (κ2) is 5.55. The van der Waals surface area contributed by atoms with Gasteiger partial charge in [0.25, 0.3) is 0 Å². The second-order valence-electron chi connectivity index (χ2n) is 4.01. The molecule has 0 amide bonds.